The number of aryl methyl sites for hydroxylation is 2. The van der Waals surface area contributed by atoms with Crippen LogP contribution >= 0.6 is 11.3 Å². The Morgan fingerprint density at radius 3 is 2.70 bits per heavy atom. The summed E-state index contributed by atoms with van der Waals surface area (Å²) in [5.74, 6) is 1.69. The Bertz CT molecular complexity index is 1080. The molecule has 0 aliphatic carbocycles. The van der Waals surface area contributed by atoms with E-state index in [1.54, 1.807) is 11.3 Å². The number of rotatable bonds is 11. The molecule has 3 N–H and O–H groups in total. The zero-order chi connectivity index (χ0) is 24.0. The fraction of sp³-hybridized carbons (Fsp3) is 0.458. The van der Waals surface area contributed by atoms with E-state index in [0.717, 1.165) is 28.0 Å². The maximum Gasteiger partial charge on any atom is 0.258 e. The molecule has 1 atom stereocenters. The fourth-order valence-corrected chi connectivity index (χ4v) is 4.55. The molecule has 3 rings (SSSR count). The van der Waals surface area contributed by atoms with Gasteiger partial charge < -0.3 is 24.7 Å². The summed E-state index contributed by atoms with van der Waals surface area (Å²) >= 11 is 1.67. The van der Waals surface area contributed by atoms with E-state index >= 15 is 0 Å². The second kappa shape index (κ2) is 11.4. The Hall–Kier alpha value is -2.75. The number of ether oxygens (including phenoxy) is 1. The molecule has 0 saturated carbocycles. The summed E-state index contributed by atoms with van der Waals surface area (Å²) in [7, 11) is 0. The van der Waals surface area contributed by atoms with Gasteiger partial charge in [0.05, 0.1) is 4.88 Å². The van der Waals surface area contributed by atoms with Gasteiger partial charge in [0.15, 0.2) is 0 Å². The van der Waals surface area contributed by atoms with Crippen molar-refractivity contribution in [3.05, 3.63) is 40.3 Å². The highest BCUT2D eigenvalue weighted by molar-refractivity contribution is 7.15. The van der Waals surface area contributed by atoms with Crippen LogP contribution in [0.3, 0.4) is 0 Å². The van der Waals surface area contributed by atoms with Crippen LogP contribution in [0.5, 0.6) is 5.75 Å². The summed E-state index contributed by atoms with van der Waals surface area (Å²) in [6.07, 6.45) is 0.842. The first-order chi connectivity index (χ1) is 15.8. The molecule has 0 unspecified atom stereocenters. The number of benzene rings is 1. The molecule has 2 aromatic heterocycles. The maximum atomic E-state index is 11.1. The third-order valence-corrected chi connectivity index (χ3v) is 6.08. The number of hydrogen-bond acceptors (Lipinski definition) is 8. The molecular formula is C24H31N3O5S. The van der Waals surface area contributed by atoms with Crippen LogP contribution in [0.15, 0.2) is 28.7 Å². The van der Waals surface area contributed by atoms with Gasteiger partial charge in [0.2, 0.25) is 11.8 Å². The SMILES string of the molecule is CCc1cc(-c2nnc(-c3ccc(CC(C)C)s3)o2)cc(C)c1OC[C@@H](O)CNC(=O)CO. The van der Waals surface area contributed by atoms with Crippen molar-refractivity contribution >= 4 is 17.2 Å². The molecule has 178 valence electrons. The molecule has 8 nitrogen and oxygen atoms in total. The summed E-state index contributed by atoms with van der Waals surface area (Å²) in [6, 6.07) is 8.01. The fourth-order valence-electron chi connectivity index (χ4n) is 3.41. The quantitative estimate of drug-likeness (QED) is 0.391. The second-order valence-corrected chi connectivity index (χ2v) is 9.51. The smallest absolute Gasteiger partial charge is 0.258 e. The lowest BCUT2D eigenvalue weighted by atomic mass is 10.0. The summed E-state index contributed by atoms with van der Waals surface area (Å²) < 4.78 is 11.8. The van der Waals surface area contributed by atoms with Gasteiger partial charge in [-0.15, -0.1) is 21.5 Å². The first-order valence-corrected chi connectivity index (χ1v) is 11.9. The molecule has 3 aromatic rings. The van der Waals surface area contributed by atoms with E-state index in [9.17, 15) is 9.90 Å². The van der Waals surface area contributed by atoms with E-state index in [0.29, 0.717) is 29.9 Å². The molecule has 0 aliphatic rings. The van der Waals surface area contributed by atoms with Gasteiger partial charge in [0.1, 0.15) is 25.1 Å². The van der Waals surface area contributed by atoms with Crippen molar-refractivity contribution in [2.24, 2.45) is 5.92 Å². The van der Waals surface area contributed by atoms with Gasteiger partial charge in [0.25, 0.3) is 5.89 Å². The van der Waals surface area contributed by atoms with Crippen molar-refractivity contribution in [3.63, 3.8) is 0 Å². The summed E-state index contributed by atoms with van der Waals surface area (Å²) in [5, 5.41) is 29.7. The van der Waals surface area contributed by atoms with Crippen LogP contribution in [0.2, 0.25) is 0 Å². The number of carbonyl (C=O) groups excluding carboxylic acids is 1. The van der Waals surface area contributed by atoms with Gasteiger partial charge >= 0.3 is 0 Å². The van der Waals surface area contributed by atoms with Crippen LogP contribution in [0, 0.1) is 12.8 Å². The molecular weight excluding hydrogens is 442 g/mol. The van der Waals surface area contributed by atoms with E-state index in [4.69, 9.17) is 14.3 Å². The number of nitrogens with zero attached hydrogens (tertiary/aromatic N) is 2. The van der Waals surface area contributed by atoms with E-state index in [-0.39, 0.29) is 13.2 Å². The Morgan fingerprint density at radius 1 is 1.24 bits per heavy atom. The Morgan fingerprint density at radius 2 is 2.00 bits per heavy atom. The highest BCUT2D eigenvalue weighted by Crippen LogP contribution is 2.34. The molecule has 9 heteroatoms. The van der Waals surface area contributed by atoms with E-state index in [2.05, 4.69) is 35.4 Å². The molecule has 0 aliphatic heterocycles. The number of nitrogens with one attached hydrogen (secondary N) is 1. The highest BCUT2D eigenvalue weighted by Gasteiger charge is 2.17. The highest BCUT2D eigenvalue weighted by atomic mass is 32.1. The van der Waals surface area contributed by atoms with Crippen molar-refractivity contribution < 1.29 is 24.2 Å². The molecule has 0 spiro atoms. The zero-order valence-electron chi connectivity index (χ0n) is 19.4. The Balaban J connectivity index is 1.73. The predicted molar refractivity (Wildman–Crippen MR) is 127 cm³/mol. The lowest BCUT2D eigenvalue weighted by molar-refractivity contribution is -0.124. The molecule has 1 amide bonds. The van der Waals surface area contributed by atoms with Crippen LogP contribution in [0.25, 0.3) is 22.2 Å². The van der Waals surface area contributed by atoms with Crippen LogP contribution < -0.4 is 10.1 Å². The Kier molecular flexibility index (Phi) is 8.60. The lowest BCUT2D eigenvalue weighted by Crippen LogP contribution is -2.36. The van der Waals surface area contributed by atoms with Crippen molar-refractivity contribution in [3.8, 4) is 28.0 Å². The van der Waals surface area contributed by atoms with Crippen molar-refractivity contribution in [2.75, 3.05) is 19.8 Å². The van der Waals surface area contributed by atoms with Crippen LogP contribution in [0.1, 0.15) is 36.8 Å². The number of aliphatic hydroxyl groups is 2. The minimum atomic E-state index is -0.894. The van der Waals surface area contributed by atoms with Gasteiger partial charge in [-0.3, -0.25) is 4.79 Å². The molecule has 0 radical (unpaired) electrons. The summed E-state index contributed by atoms with van der Waals surface area (Å²) in [4.78, 5) is 13.4. The van der Waals surface area contributed by atoms with Crippen LogP contribution in [0.4, 0.5) is 0 Å². The normalized spacial score (nSPS) is 12.2. The van der Waals surface area contributed by atoms with Gasteiger partial charge in [0, 0.05) is 17.0 Å². The number of aliphatic hydroxyl groups excluding tert-OH is 2. The largest absolute Gasteiger partial charge is 0.490 e. The Labute approximate surface area is 197 Å². The van der Waals surface area contributed by atoms with Gasteiger partial charge in [-0.1, -0.05) is 20.8 Å². The van der Waals surface area contributed by atoms with E-state index in [1.165, 1.54) is 4.88 Å². The zero-order valence-corrected chi connectivity index (χ0v) is 20.2. The second-order valence-electron chi connectivity index (χ2n) is 8.34. The monoisotopic (exact) mass is 473 g/mol. The third-order valence-electron chi connectivity index (χ3n) is 4.98. The van der Waals surface area contributed by atoms with Crippen molar-refractivity contribution in [1.29, 1.82) is 0 Å². The third kappa shape index (κ3) is 6.63. The summed E-state index contributed by atoms with van der Waals surface area (Å²) in [5.41, 5.74) is 2.64. The average Bonchev–Trinajstić information content (AvgIpc) is 3.45. The average molecular weight is 474 g/mol. The number of thiophene rings is 1. The number of carbonyl (C=O) groups is 1. The number of amides is 1. The predicted octanol–water partition coefficient (Wildman–Crippen LogP) is 3.38. The number of hydrogen-bond donors (Lipinski definition) is 3. The topological polar surface area (TPSA) is 118 Å². The summed E-state index contributed by atoms with van der Waals surface area (Å²) in [6.45, 7) is 7.74. The van der Waals surface area contributed by atoms with Crippen LogP contribution in [-0.2, 0) is 17.6 Å². The lowest BCUT2D eigenvalue weighted by Gasteiger charge is -2.17. The molecule has 0 saturated heterocycles. The molecule has 0 fully saturated rings. The van der Waals surface area contributed by atoms with Crippen molar-refractivity contribution in [1.82, 2.24) is 15.5 Å². The molecule has 0 bridgehead atoms. The van der Waals surface area contributed by atoms with Crippen molar-refractivity contribution in [2.45, 2.75) is 46.6 Å². The molecule has 1 aromatic carbocycles. The van der Waals surface area contributed by atoms with E-state index in [1.807, 2.05) is 32.0 Å². The van der Waals surface area contributed by atoms with Gasteiger partial charge in [-0.2, -0.15) is 0 Å². The first-order valence-electron chi connectivity index (χ1n) is 11.1. The minimum absolute atomic E-state index is 0.00431. The maximum absolute atomic E-state index is 11.1. The van der Waals surface area contributed by atoms with Gasteiger partial charge in [-0.25, -0.2) is 0 Å². The number of aromatic nitrogens is 2. The standard InChI is InChI=1S/C24H31N3O5S/c1-5-16-10-17(9-15(4)22(16)31-13-18(29)11-25-21(30)12-28)23-26-27-24(32-23)20-7-6-19(33-20)8-14(2)3/h6-7,9-10,14,18,28-29H,5,8,11-13H2,1-4H3,(H,25,30)/t18-/m0/s1. The first kappa shape index (κ1) is 24.9. The molecule has 2 heterocycles. The van der Waals surface area contributed by atoms with E-state index < -0.39 is 18.6 Å². The minimum Gasteiger partial charge on any atom is -0.490 e. The molecule has 33 heavy (non-hydrogen) atoms. The van der Waals surface area contributed by atoms with Gasteiger partial charge in [-0.05, 0) is 61.1 Å². The van der Waals surface area contributed by atoms with Crippen LogP contribution in [-0.4, -0.2) is 52.2 Å².